The minimum absolute atomic E-state index is 0.716. The maximum atomic E-state index is 5.63. The second kappa shape index (κ2) is 4.66. The Labute approximate surface area is 94.7 Å². The Morgan fingerprint density at radius 2 is 2.00 bits per heavy atom. The van der Waals surface area contributed by atoms with Gasteiger partial charge in [-0.15, -0.1) is 0 Å². The number of ether oxygens (including phenoxy) is 2. The average molecular weight is 215 g/mol. The first-order chi connectivity index (χ1) is 7.79. The summed E-state index contributed by atoms with van der Waals surface area (Å²) in [6, 6.07) is 9.43. The van der Waals surface area contributed by atoms with Crippen LogP contribution in [0.4, 0.5) is 0 Å². The lowest BCUT2D eigenvalue weighted by atomic mass is 10.2. The highest BCUT2D eigenvalue weighted by molar-refractivity contribution is 5.41. The minimum atomic E-state index is 0.716. The van der Waals surface area contributed by atoms with Crippen molar-refractivity contribution in [2.24, 2.45) is 0 Å². The van der Waals surface area contributed by atoms with Crippen LogP contribution in [-0.4, -0.2) is 12.1 Å². The van der Waals surface area contributed by atoms with Crippen molar-refractivity contribution in [1.82, 2.24) is 4.98 Å². The van der Waals surface area contributed by atoms with Gasteiger partial charge in [0.2, 0.25) is 0 Å². The predicted octanol–water partition coefficient (Wildman–Crippen LogP) is 3.19. The summed E-state index contributed by atoms with van der Waals surface area (Å²) in [6.45, 7) is 1.99. The summed E-state index contributed by atoms with van der Waals surface area (Å²) in [5.74, 6) is 2.28. The van der Waals surface area contributed by atoms with Crippen LogP contribution < -0.4 is 9.47 Å². The van der Waals surface area contributed by atoms with E-state index in [1.165, 1.54) is 0 Å². The minimum Gasteiger partial charge on any atom is -0.496 e. The molecule has 3 heteroatoms. The normalized spacial score (nSPS) is 9.88. The Kier molecular flexibility index (Phi) is 3.05. The molecule has 1 heterocycles. The van der Waals surface area contributed by atoms with Crippen molar-refractivity contribution in [2.45, 2.75) is 6.92 Å². The average Bonchev–Trinajstić information content (AvgIpc) is 2.33. The van der Waals surface area contributed by atoms with Crippen LogP contribution >= 0.6 is 0 Å². The fraction of sp³-hybridized carbons (Fsp3) is 0.154. The first-order valence-electron chi connectivity index (χ1n) is 5.02. The third kappa shape index (κ3) is 2.31. The van der Waals surface area contributed by atoms with E-state index in [-0.39, 0.29) is 0 Å². The lowest BCUT2D eigenvalue weighted by Gasteiger charge is -2.08. The molecule has 3 nitrogen and oxygen atoms in total. The molecule has 0 aliphatic rings. The van der Waals surface area contributed by atoms with Gasteiger partial charge in [-0.3, -0.25) is 4.98 Å². The monoisotopic (exact) mass is 215 g/mol. The molecule has 82 valence electrons. The van der Waals surface area contributed by atoms with Gasteiger partial charge in [-0.05, 0) is 30.7 Å². The topological polar surface area (TPSA) is 31.4 Å². The summed E-state index contributed by atoms with van der Waals surface area (Å²) in [6.07, 6.45) is 3.38. The molecule has 0 radical (unpaired) electrons. The molecular formula is C13H13NO2. The lowest BCUT2D eigenvalue weighted by molar-refractivity contribution is 0.406. The molecule has 0 aliphatic heterocycles. The molecule has 0 bridgehead atoms. The SMILES string of the molecule is COc1cc(Oc2cccnc2)ccc1C. The van der Waals surface area contributed by atoms with Crippen molar-refractivity contribution in [3.63, 3.8) is 0 Å². The summed E-state index contributed by atoms with van der Waals surface area (Å²) in [7, 11) is 1.65. The molecule has 0 spiro atoms. The van der Waals surface area contributed by atoms with Gasteiger partial charge >= 0.3 is 0 Å². The van der Waals surface area contributed by atoms with Crippen LogP contribution in [0.25, 0.3) is 0 Å². The van der Waals surface area contributed by atoms with E-state index in [0.717, 1.165) is 17.1 Å². The number of pyridine rings is 1. The number of rotatable bonds is 3. The number of methoxy groups -OCH3 is 1. The van der Waals surface area contributed by atoms with Crippen LogP contribution in [0.1, 0.15) is 5.56 Å². The van der Waals surface area contributed by atoms with Crippen molar-refractivity contribution in [3.05, 3.63) is 48.3 Å². The van der Waals surface area contributed by atoms with Crippen LogP contribution in [0.3, 0.4) is 0 Å². The van der Waals surface area contributed by atoms with Gasteiger partial charge in [-0.25, -0.2) is 0 Å². The Hall–Kier alpha value is -2.03. The van der Waals surface area contributed by atoms with Crippen molar-refractivity contribution < 1.29 is 9.47 Å². The Balaban J connectivity index is 2.22. The quantitative estimate of drug-likeness (QED) is 0.787. The van der Waals surface area contributed by atoms with Crippen LogP contribution in [-0.2, 0) is 0 Å². The molecule has 0 atom stereocenters. The van der Waals surface area contributed by atoms with E-state index in [1.54, 1.807) is 19.5 Å². The largest absolute Gasteiger partial charge is 0.496 e. The van der Waals surface area contributed by atoms with Gasteiger partial charge in [0, 0.05) is 12.3 Å². The van der Waals surface area contributed by atoms with Gasteiger partial charge in [0.25, 0.3) is 0 Å². The zero-order valence-electron chi connectivity index (χ0n) is 9.31. The van der Waals surface area contributed by atoms with Gasteiger partial charge in [-0.1, -0.05) is 6.07 Å². The van der Waals surface area contributed by atoms with E-state index in [0.29, 0.717) is 5.75 Å². The van der Waals surface area contributed by atoms with E-state index in [4.69, 9.17) is 9.47 Å². The molecule has 1 aromatic heterocycles. The number of aryl methyl sites for hydroxylation is 1. The number of benzene rings is 1. The van der Waals surface area contributed by atoms with E-state index in [1.807, 2.05) is 37.3 Å². The van der Waals surface area contributed by atoms with Crippen LogP contribution in [0, 0.1) is 6.92 Å². The first-order valence-corrected chi connectivity index (χ1v) is 5.02. The molecule has 0 aliphatic carbocycles. The smallest absolute Gasteiger partial charge is 0.145 e. The highest BCUT2D eigenvalue weighted by Gasteiger charge is 2.02. The van der Waals surface area contributed by atoms with E-state index in [9.17, 15) is 0 Å². The lowest BCUT2D eigenvalue weighted by Crippen LogP contribution is -1.89. The molecule has 0 saturated carbocycles. The molecule has 0 saturated heterocycles. The zero-order valence-corrected chi connectivity index (χ0v) is 9.31. The Morgan fingerprint density at radius 1 is 1.12 bits per heavy atom. The van der Waals surface area contributed by atoms with E-state index >= 15 is 0 Å². The molecule has 0 unspecified atom stereocenters. The summed E-state index contributed by atoms with van der Waals surface area (Å²) >= 11 is 0. The Bertz CT molecular complexity index is 469. The summed E-state index contributed by atoms with van der Waals surface area (Å²) in [5, 5.41) is 0. The number of hydrogen-bond acceptors (Lipinski definition) is 3. The first kappa shape index (κ1) is 10.5. The van der Waals surface area contributed by atoms with Crippen molar-refractivity contribution in [2.75, 3.05) is 7.11 Å². The fourth-order valence-electron chi connectivity index (χ4n) is 1.41. The van der Waals surface area contributed by atoms with Crippen molar-refractivity contribution in [3.8, 4) is 17.2 Å². The van der Waals surface area contributed by atoms with Gasteiger partial charge in [0.05, 0.1) is 13.3 Å². The van der Waals surface area contributed by atoms with Crippen molar-refractivity contribution in [1.29, 1.82) is 0 Å². The molecular weight excluding hydrogens is 202 g/mol. The van der Waals surface area contributed by atoms with Gasteiger partial charge in [-0.2, -0.15) is 0 Å². The highest BCUT2D eigenvalue weighted by atomic mass is 16.5. The zero-order chi connectivity index (χ0) is 11.4. The predicted molar refractivity (Wildman–Crippen MR) is 62.0 cm³/mol. The Morgan fingerprint density at radius 3 is 2.69 bits per heavy atom. The molecule has 0 amide bonds. The third-order valence-corrected chi connectivity index (χ3v) is 2.25. The maximum Gasteiger partial charge on any atom is 0.145 e. The summed E-state index contributed by atoms with van der Waals surface area (Å²) in [5.41, 5.74) is 1.08. The van der Waals surface area contributed by atoms with Gasteiger partial charge in [0.15, 0.2) is 0 Å². The number of aromatic nitrogens is 1. The van der Waals surface area contributed by atoms with E-state index in [2.05, 4.69) is 4.98 Å². The van der Waals surface area contributed by atoms with Gasteiger partial charge < -0.3 is 9.47 Å². The third-order valence-electron chi connectivity index (χ3n) is 2.25. The molecule has 2 rings (SSSR count). The van der Waals surface area contributed by atoms with Crippen molar-refractivity contribution >= 4 is 0 Å². The second-order valence-corrected chi connectivity index (χ2v) is 3.42. The van der Waals surface area contributed by atoms with Gasteiger partial charge in [0.1, 0.15) is 17.2 Å². The van der Waals surface area contributed by atoms with Crippen LogP contribution in [0.5, 0.6) is 17.2 Å². The number of hydrogen-bond donors (Lipinski definition) is 0. The van der Waals surface area contributed by atoms with Crippen LogP contribution in [0.15, 0.2) is 42.7 Å². The second-order valence-electron chi connectivity index (χ2n) is 3.42. The molecule has 0 fully saturated rings. The summed E-state index contributed by atoms with van der Waals surface area (Å²) in [4.78, 5) is 3.98. The van der Waals surface area contributed by atoms with Crippen LogP contribution in [0.2, 0.25) is 0 Å². The standard InChI is InChI=1S/C13H13NO2/c1-10-5-6-11(8-13(10)15-2)16-12-4-3-7-14-9-12/h3-9H,1-2H3. The summed E-state index contributed by atoms with van der Waals surface area (Å²) < 4.78 is 10.9. The molecule has 0 N–H and O–H groups in total. The molecule has 2 aromatic rings. The molecule has 16 heavy (non-hydrogen) atoms. The molecule has 1 aromatic carbocycles. The van der Waals surface area contributed by atoms with E-state index < -0.39 is 0 Å². The highest BCUT2D eigenvalue weighted by Crippen LogP contribution is 2.27. The fourth-order valence-corrected chi connectivity index (χ4v) is 1.41. The number of nitrogens with zero attached hydrogens (tertiary/aromatic N) is 1. The maximum absolute atomic E-state index is 5.63.